The Bertz CT molecular complexity index is 747. The van der Waals surface area contributed by atoms with Crippen LogP contribution in [-0.4, -0.2) is 12.1 Å². The van der Waals surface area contributed by atoms with Gasteiger partial charge in [-0.25, -0.2) is 0 Å². The van der Waals surface area contributed by atoms with E-state index in [1.165, 1.54) is 0 Å². The van der Waals surface area contributed by atoms with E-state index in [4.69, 9.17) is 9.15 Å². The molecule has 0 aliphatic heterocycles. The summed E-state index contributed by atoms with van der Waals surface area (Å²) in [4.78, 5) is 4.28. The van der Waals surface area contributed by atoms with Crippen LogP contribution in [-0.2, 0) is 0 Å². The Balaban J connectivity index is 1.87. The van der Waals surface area contributed by atoms with Crippen LogP contribution in [0.5, 0.6) is 5.75 Å². The zero-order valence-corrected chi connectivity index (χ0v) is 12.4. The smallest absolute Gasteiger partial charge is 0.176 e. The summed E-state index contributed by atoms with van der Waals surface area (Å²) in [6.07, 6.45) is 1.83. The third-order valence-corrected chi connectivity index (χ3v) is 3.47. The maximum absolute atomic E-state index is 5.94. The van der Waals surface area contributed by atoms with Crippen LogP contribution in [0.25, 0.3) is 11.0 Å². The molecule has 3 rings (SSSR count). The maximum atomic E-state index is 5.94. The summed E-state index contributed by atoms with van der Waals surface area (Å²) < 4.78 is 11.3. The SMILES string of the molecule is COc1cccc2cc(C(C)Nc3ccc(C)nc3)oc12. The number of para-hydroxylation sites is 1. The van der Waals surface area contributed by atoms with Crippen molar-refractivity contribution >= 4 is 16.7 Å². The first kappa shape index (κ1) is 13.5. The molecule has 3 aromatic rings. The maximum Gasteiger partial charge on any atom is 0.176 e. The summed E-state index contributed by atoms with van der Waals surface area (Å²) >= 11 is 0. The van der Waals surface area contributed by atoms with Crippen molar-refractivity contribution in [2.45, 2.75) is 19.9 Å². The third-order valence-electron chi connectivity index (χ3n) is 3.47. The van der Waals surface area contributed by atoms with Gasteiger partial charge in [-0.1, -0.05) is 12.1 Å². The molecule has 0 radical (unpaired) electrons. The molecule has 108 valence electrons. The number of furan rings is 1. The van der Waals surface area contributed by atoms with Crippen molar-refractivity contribution in [3.8, 4) is 5.75 Å². The molecule has 0 saturated heterocycles. The Hall–Kier alpha value is -2.49. The van der Waals surface area contributed by atoms with E-state index in [-0.39, 0.29) is 6.04 Å². The predicted octanol–water partition coefficient (Wildman–Crippen LogP) is 4.32. The Morgan fingerprint density at radius 3 is 2.81 bits per heavy atom. The summed E-state index contributed by atoms with van der Waals surface area (Å²) in [5, 5.41) is 4.43. The molecule has 1 unspecified atom stereocenters. The van der Waals surface area contributed by atoms with Crippen LogP contribution in [0.3, 0.4) is 0 Å². The molecule has 0 spiro atoms. The normalized spacial score (nSPS) is 12.3. The molecule has 4 heteroatoms. The Labute approximate surface area is 123 Å². The number of methoxy groups -OCH3 is 1. The monoisotopic (exact) mass is 282 g/mol. The van der Waals surface area contributed by atoms with Gasteiger partial charge in [0.05, 0.1) is 25.0 Å². The van der Waals surface area contributed by atoms with Crippen molar-refractivity contribution < 1.29 is 9.15 Å². The highest BCUT2D eigenvalue weighted by Crippen LogP contribution is 2.31. The van der Waals surface area contributed by atoms with Crippen LogP contribution in [0.15, 0.2) is 47.0 Å². The number of hydrogen-bond acceptors (Lipinski definition) is 4. The lowest BCUT2D eigenvalue weighted by Gasteiger charge is -2.12. The van der Waals surface area contributed by atoms with Gasteiger partial charge in [-0.15, -0.1) is 0 Å². The van der Waals surface area contributed by atoms with E-state index in [1.54, 1.807) is 7.11 Å². The van der Waals surface area contributed by atoms with Crippen molar-refractivity contribution in [1.29, 1.82) is 0 Å². The number of benzene rings is 1. The number of rotatable bonds is 4. The minimum atomic E-state index is 0.0478. The molecule has 0 bridgehead atoms. The summed E-state index contributed by atoms with van der Waals surface area (Å²) in [5.74, 6) is 1.62. The van der Waals surface area contributed by atoms with Gasteiger partial charge in [-0.2, -0.15) is 0 Å². The summed E-state index contributed by atoms with van der Waals surface area (Å²) in [7, 11) is 1.65. The number of hydrogen-bond donors (Lipinski definition) is 1. The molecule has 4 nitrogen and oxygen atoms in total. The lowest BCUT2D eigenvalue weighted by Crippen LogP contribution is -2.05. The van der Waals surface area contributed by atoms with Gasteiger partial charge >= 0.3 is 0 Å². The molecular formula is C17H18N2O2. The molecule has 1 N–H and O–H groups in total. The minimum absolute atomic E-state index is 0.0478. The highest BCUT2D eigenvalue weighted by molar-refractivity contribution is 5.83. The number of aromatic nitrogens is 1. The van der Waals surface area contributed by atoms with Gasteiger partial charge in [-0.3, -0.25) is 4.98 Å². The van der Waals surface area contributed by atoms with Gasteiger partial charge in [0.15, 0.2) is 11.3 Å². The molecular weight excluding hydrogens is 264 g/mol. The molecule has 0 fully saturated rings. The summed E-state index contributed by atoms with van der Waals surface area (Å²) in [6, 6.07) is 12.0. The van der Waals surface area contributed by atoms with E-state index in [0.29, 0.717) is 0 Å². The van der Waals surface area contributed by atoms with Gasteiger partial charge in [-0.05, 0) is 38.1 Å². The van der Waals surface area contributed by atoms with Crippen molar-refractivity contribution in [1.82, 2.24) is 4.98 Å². The van der Waals surface area contributed by atoms with Crippen LogP contribution in [0.2, 0.25) is 0 Å². The highest BCUT2D eigenvalue weighted by Gasteiger charge is 2.14. The van der Waals surface area contributed by atoms with Gasteiger partial charge < -0.3 is 14.5 Å². The van der Waals surface area contributed by atoms with Crippen LogP contribution in [0.4, 0.5) is 5.69 Å². The Morgan fingerprint density at radius 2 is 2.10 bits per heavy atom. The predicted molar refractivity (Wildman–Crippen MR) is 83.8 cm³/mol. The van der Waals surface area contributed by atoms with Gasteiger partial charge in [0.2, 0.25) is 0 Å². The molecule has 0 aliphatic rings. The first-order valence-corrected chi connectivity index (χ1v) is 6.93. The van der Waals surface area contributed by atoms with Gasteiger partial charge in [0, 0.05) is 11.1 Å². The molecule has 0 aliphatic carbocycles. The average molecular weight is 282 g/mol. The largest absolute Gasteiger partial charge is 0.493 e. The number of pyridine rings is 1. The number of anilines is 1. The van der Waals surface area contributed by atoms with Crippen LogP contribution >= 0.6 is 0 Å². The molecule has 2 heterocycles. The van der Waals surface area contributed by atoms with Gasteiger partial charge in [0.25, 0.3) is 0 Å². The molecule has 0 amide bonds. The fourth-order valence-corrected chi connectivity index (χ4v) is 2.30. The van der Waals surface area contributed by atoms with E-state index in [9.17, 15) is 0 Å². The lowest BCUT2D eigenvalue weighted by molar-refractivity contribution is 0.406. The van der Waals surface area contributed by atoms with Crippen molar-refractivity contribution in [3.05, 3.63) is 54.0 Å². The van der Waals surface area contributed by atoms with Crippen LogP contribution in [0, 0.1) is 6.92 Å². The number of nitrogens with one attached hydrogen (secondary N) is 1. The molecule has 0 saturated carbocycles. The van der Waals surface area contributed by atoms with E-state index in [2.05, 4.69) is 17.2 Å². The average Bonchev–Trinajstić information content (AvgIpc) is 2.93. The zero-order valence-electron chi connectivity index (χ0n) is 12.4. The second-order valence-electron chi connectivity index (χ2n) is 5.08. The van der Waals surface area contributed by atoms with E-state index < -0.39 is 0 Å². The number of ether oxygens (including phenoxy) is 1. The zero-order chi connectivity index (χ0) is 14.8. The minimum Gasteiger partial charge on any atom is -0.493 e. The quantitative estimate of drug-likeness (QED) is 0.774. The van der Waals surface area contributed by atoms with Crippen LogP contribution < -0.4 is 10.1 Å². The van der Waals surface area contributed by atoms with Crippen molar-refractivity contribution in [3.63, 3.8) is 0 Å². The second kappa shape index (κ2) is 5.48. The number of nitrogens with zero attached hydrogens (tertiary/aromatic N) is 1. The summed E-state index contributed by atoms with van der Waals surface area (Å²) in [5.41, 5.74) is 2.76. The van der Waals surface area contributed by atoms with Crippen molar-refractivity contribution in [2.75, 3.05) is 12.4 Å². The third kappa shape index (κ3) is 2.70. The first-order valence-electron chi connectivity index (χ1n) is 6.93. The Kier molecular flexibility index (Phi) is 3.52. The van der Waals surface area contributed by atoms with E-state index >= 15 is 0 Å². The second-order valence-corrected chi connectivity index (χ2v) is 5.08. The van der Waals surface area contributed by atoms with Gasteiger partial charge in [0.1, 0.15) is 5.76 Å². The number of fused-ring (bicyclic) bond motifs is 1. The Morgan fingerprint density at radius 1 is 1.24 bits per heavy atom. The lowest BCUT2D eigenvalue weighted by atomic mass is 10.2. The van der Waals surface area contributed by atoms with Crippen LogP contribution in [0.1, 0.15) is 24.4 Å². The van der Waals surface area contributed by atoms with Crippen molar-refractivity contribution in [2.24, 2.45) is 0 Å². The van der Waals surface area contributed by atoms with E-state index in [0.717, 1.165) is 33.9 Å². The fourth-order valence-electron chi connectivity index (χ4n) is 2.30. The number of aryl methyl sites for hydroxylation is 1. The highest BCUT2D eigenvalue weighted by atomic mass is 16.5. The molecule has 21 heavy (non-hydrogen) atoms. The summed E-state index contributed by atoms with van der Waals surface area (Å²) in [6.45, 7) is 4.03. The first-order chi connectivity index (χ1) is 10.2. The molecule has 2 aromatic heterocycles. The fraction of sp³-hybridized carbons (Fsp3) is 0.235. The van der Waals surface area contributed by atoms with E-state index in [1.807, 2.05) is 49.5 Å². The molecule has 1 atom stereocenters. The topological polar surface area (TPSA) is 47.3 Å². The standard InChI is InChI=1S/C17H18N2O2/c1-11-7-8-14(10-18-11)19-12(2)16-9-13-5-4-6-15(20-3)17(13)21-16/h4-10,12,19H,1-3H3. The molecule has 1 aromatic carbocycles.